The molecule has 1 atom stereocenters. The van der Waals surface area contributed by atoms with Gasteiger partial charge in [0.1, 0.15) is 5.60 Å². The Labute approximate surface area is 190 Å². The Kier molecular flexibility index (Phi) is 7.18. The van der Waals surface area contributed by atoms with Gasteiger partial charge in [-0.2, -0.15) is 0 Å². The Morgan fingerprint density at radius 2 is 1.78 bits per heavy atom. The van der Waals surface area contributed by atoms with E-state index in [4.69, 9.17) is 14.2 Å². The molecule has 7 nitrogen and oxygen atoms in total. The number of esters is 1. The highest BCUT2D eigenvalue weighted by Gasteiger charge is 2.30. The fourth-order valence-electron chi connectivity index (χ4n) is 4.84. The molecule has 1 amide bonds. The second-order valence-corrected chi connectivity index (χ2v) is 9.69. The summed E-state index contributed by atoms with van der Waals surface area (Å²) in [5.41, 5.74) is 2.35. The summed E-state index contributed by atoms with van der Waals surface area (Å²) in [5.74, 6) is 0.122. The van der Waals surface area contributed by atoms with Gasteiger partial charge in [0.05, 0.1) is 18.8 Å². The van der Waals surface area contributed by atoms with E-state index in [0.29, 0.717) is 23.3 Å². The lowest BCUT2D eigenvalue weighted by atomic mass is 9.83. The number of carbonyl (C=O) groups excluding carboxylic acids is 2. The number of benzene rings is 1. The van der Waals surface area contributed by atoms with Crippen molar-refractivity contribution in [3.63, 3.8) is 0 Å². The van der Waals surface area contributed by atoms with Crippen molar-refractivity contribution in [2.45, 2.75) is 78.0 Å². The van der Waals surface area contributed by atoms with Crippen molar-refractivity contribution >= 4 is 28.7 Å². The van der Waals surface area contributed by atoms with Crippen LogP contribution in [0.4, 0.5) is 10.5 Å². The number of nitrogens with zero attached hydrogens (tertiary/aromatic N) is 1. The average molecular weight is 445 g/mol. The third-order valence-electron chi connectivity index (χ3n) is 6.43. The fraction of sp³-hybridized carbons (Fsp3) is 0.600. The van der Waals surface area contributed by atoms with Crippen molar-refractivity contribution in [2.24, 2.45) is 5.92 Å². The second-order valence-electron chi connectivity index (χ2n) is 9.69. The van der Waals surface area contributed by atoms with Crippen LogP contribution in [0.15, 0.2) is 18.2 Å². The number of methoxy groups -OCH3 is 2. The first-order valence-corrected chi connectivity index (χ1v) is 11.3. The van der Waals surface area contributed by atoms with Gasteiger partial charge in [0, 0.05) is 35.4 Å². The normalized spacial score (nSPS) is 20.1. The highest BCUT2D eigenvalue weighted by molar-refractivity contribution is 6.07. The number of amides is 1. The van der Waals surface area contributed by atoms with Crippen molar-refractivity contribution in [3.8, 4) is 0 Å². The maximum Gasteiger partial charge on any atom is 0.412 e. The lowest BCUT2D eigenvalue weighted by Crippen LogP contribution is -2.27. The first-order chi connectivity index (χ1) is 15.1. The van der Waals surface area contributed by atoms with Crippen LogP contribution in [-0.2, 0) is 14.2 Å². The second kappa shape index (κ2) is 9.53. The molecule has 1 fully saturated rings. The Morgan fingerprint density at radius 3 is 2.34 bits per heavy atom. The van der Waals surface area contributed by atoms with Crippen LogP contribution in [-0.4, -0.2) is 42.6 Å². The number of carbonyl (C=O) groups is 2. The van der Waals surface area contributed by atoms with Gasteiger partial charge in [-0.05, 0) is 84.4 Å². The van der Waals surface area contributed by atoms with E-state index >= 15 is 0 Å². The molecule has 7 heteroatoms. The van der Waals surface area contributed by atoms with Gasteiger partial charge in [0.25, 0.3) is 0 Å². The van der Waals surface area contributed by atoms with E-state index in [1.54, 1.807) is 7.11 Å². The van der Waals surface area contributed by atoms with Crippen molar-refractivity contribution in [1.82, 2.24) is 4.57 Å². The highest BCUT2D eigenvalue weighted by Crippen LogP contribution is 2.39. The topological polar surface area (TPSA) is 78.8 Å². The SMILES string of the molecule is COC(=O)c1c(C)n([C@H](C)C2CCC(OC)CC2)c2ccc(NC(=O)OC(C)(C)C)cc12. The van der Waals surface area contributed by atoms with Crippen LogP contribution in [0, 0.1) is 12.8 Å². The van der Waals surface area contributed by atoms with Crippen LogP contribution in [0.25, 0.3) is 10.9 Å². The van der Waals surface area contributed by atoms with E-state index in [-0.39, 0.29) is 12.0 Å². The Hall–Kier alpha value is -2.54. The molecule has 32 heavy (non-hydrogen) atoms. The zero-order valence-corrected chi connectivity index (χ0v) is 20.3. The lowest BCUT2D eigenvalue weighted by Gasteiger charge is -2.33. The van der Waals surface area contributed by atoms with E-state index in [0.717, 1.165) is 42.3 Å². The quantitative estimate of drug-likeness (QED) is 0.585. The minimum Gasteiger partial charge on any atom is -0.465 e. The summed E-state index contributed by atoms with van der Waals surface area (Å²) >= 11 is 0. The van der Waals surface area contributed by atoms with Crippen molar-refractivity contribution in [2.75, 3.05) is 19.5 Å². The van der Waals surface area contributed by atoms with Gasteiger partial charge in [0.15, 0.2) is 0 Å². The van der Waals surface area contributed by atoms with E-state index in [1.807, 2.05) is 45.9 Å². The van der Waals surface area contributed by atoms with E-state index in [9.17, 15) is 9.59 Å². The highest BCUT2D eigenvalue weighted by atomic mass is 16.6. The molecule has 2 aromatic rings. The summed E-state index contributed by atoms with van der Waals surface area (Å²) < 4.78 is 18.2. The van der Waals surface area contributed by atoms with Gasteiger partial charge >= 0.3 is 12.1 Å². The van der Waals surface area contributed by atoms with E-state index in [1.165, 1.54) is 7.11 Å². The summed E-state index contributed by atoms with van der Waals surface area (Å²) in [5, 5.41) is 3.54. The van der Waals surface area contributed by atoms with Gasteiger partial charge in [-0.1, -0.05) is 0 Å². The number of ether oxygens (including phenoxy) is 3. The van der Waals surface area contributed by atoms with E-state index < -0.39 is 11.7 Å². The molecule has 1 heterocycles. The number of nitrogens with one attached hydrogen (secondary N) is 1. The van der Waals surface area contributed by atoms with Crippen LogP contribution >= 0.6 is 0 Å². The average Bonchev–Trinajstić information content (AvgIpc) is 3.02. The number of rotatable bonds is 5. The summed E-state index contributed by atoms with van der Waals surface area (Å²) in [7, 11) is 3.17. The third kappa shape index (κ3) is 5.09. The van der Waals surface area contributed by atoms with Gasteiger partial charge < -0.3 is 18.8 Å². The van der Waals surface area contributed by atoms with Crippen LogP contribution < -0.4 is 5.32 Å². The van der Waals surface area contributed by atoms with Crippen molar-refractivity contribution in [3.05, 3.63) is 29.5 Å². The molecule has 3 rings (SSSR count). The molecular formula is C25H36N2O5. The molecule has 176 valence electrons. The van der Waals surface area contributed by atoms with Crippen molar-refractivity contribution in [1.29, 1.82) is 0 Å². The maximum atomic E-state index is 12.7. The van der Waals surface area contributed by atoms with Crippen LogP contribution in [0.1, 0.15) is 75.5 Å². The third-order valence-corrected chi connectivity index (χ3v) is 6.43. The molecule has 1 aliphatic carbocycles. The molecule has 0 bridgehead atoms. The minimum absolute atomic E-state index is 0.221. The molecule has 0 unspecified atom stereocenters. The maximum absolute atomic E-state index is 12.7. The Balaban J connectivity index is 1.98. The summed E-state index contributed by atoms with van der Waals surface area (Å²) in [6, 6.07) is 5.85. The van der Waals surface area contributed by atoms with Crippen LogP contribution in [0.5, 0.6) is 0 Å². The minimum atomic E-state index is -0.595. The standard InChI is InChI=1S/C25H36N2O5/c1-15(17-8-11-19(30-6)12-9-17)27-16(2)22(23(28)31-7)20-14-18(10-13-21(20)27)26-24(29)32-25(3,4)5/h10,13-15,17,19H,8-9,11-12H2,1-7H3,(H,26,29)/t15-,17?,19?/m1/s1. The summed E-state index contributed by atoms with van der Waals surface area (Å²) in [6.07, 6.45) is 4.09. The largest absolute Gasteiger partial charge is 0.465 e. The fourth-order valence-corrected chi connectivity index (χ4v) is 4.84. The predicted octanol–water partition coefficient (Wildman–Crippen LogP) is 5.85. The van der Waals surface area contributed by atoms with Gasteiger partial charge in [0.2, 0.25) is 0 Å². The molecule has 0 aliphatic heterocycles. The predicted molar refractivity (Wildman–Crippen MR) is 125 cm³/mol. The van der Waals surface area contributed by atoms with Gasteiger partial charge in [-0.15, -0.1) is 0 Å². The number of hydrogen-bond acceptors (Lipinski definition) is 5. The Bertz CT molecular complexity index is 980. The first kappa shape index (κ1) is 24.1. The molecule has 1 aliphatic rings. The molecule has 1 aromatic heterocycles. The van der Waals surface area contributed by atoms with Crippen molar-refractivity contribution < 1.29 is 23.8 Å². The van der Waals surface area contributed by atoms with Crippen LogP contribution in [0.3, 0.4) is 0 Å². The number of anilines is 1. The molecular weight excluding hydrogens is 408 g/mol. The Morgan fingerprint density at radius 1 is 1.12 bits per heavy atom. The molecule has 1 aromatic carbocycles. The summed E-state index contributed by atoms with van der Waals surface area (Å²) in [6.45, 7) is 9.63. The molecule has 0 spiro atoms. The molecule has 1 saturated carbocycles. The van der Waals surface area contributed by atoms with Crippen LogP contribution in [0.2, 0.25) is 0 Å². The molecule has 0 radical (unpaired) electrons. The lowest BCUT2D eigenvalue weighted by molar-refractivity contribution is 0.0491. The number of fused-ring (bicyclic) bond motifs is 1. The zero-order chi connectivity index (χ0) is 23.6. The molecule has 0 saturated heterocycles. The smallest absolute Gasteiger partial charge is 0.412 e. The molecule has 1 N–H and O–H groups in total. The zero-order valence-electron chi connectivity index (χ0n) is 20.3. The van der Waals surface area contributed by atoms with Gasteiger partial charge in [-0.25, -0.2) is 9.59 Å². The summed E-state index contributed by atoms with van der Waals surface area (Å²) in [4.78, 5) is 24.9. The number of hydrogen-bond donors (Lipinski definition) is 1. The first-order valence-electron chi connectivity index (χ1n) is 11.3. The monoisotopic (exact) mass is 444 g/mol. The van der Waals surface area contributed by atoms with Gasteiger partial charge in [-0.3, -0.25) is 5.32 Å². The number of aromatic nitrogens is 1. The van der Waals surface area contributed by atoms with E-state index in [2.05, 4.69) is 16.8 Å².